The molecule has 6 atom stereocenters. The molecule has 8 aliphatic rings. The van der Waals surface area contributed by atoms with E-state index in [4.69, 9.17) is 9.47 Å². The average Bonchev–Trinajstić information content (AvgIpc) is 3.79. The maximum atomic E-state index is 7.14. The lowest BCUT2D eigenvalue weighted by Crippen LogP contribution is -2.42. The van der Waals surface area contributed by atoms with Crippen LogP contribution < -0.4 is 4.74 Å². The Morgan fingerprint density at radius 2 is 1.55 bits per heavy atom. The lowest BCUT2D eigenvalue weighted by Gasteiger charge is -2.49. The fraction of sp³-hybridized carbons (Fsp3) is 0.265. The molecule has 3 aliphatic heterocycles. The third-order valence-corrected chi connectivity index (χ3v) is 15.9. The van der Waals surface area contributed by atoms with Crippen LogP contribution in [0.3, 0.4) is 0 Å². The van der Waals surface area contributed by atoms with Crippen LogP contribution >= 0.6 is 23.1 Å². The Labute approximate surface area is 319 Å². The zero-order valence-electron chi connectivity index (χ0n) is 29.6. The molecule has 1 aromatic heterocycles. The Kier molecular flexibility index (Phi) is 6.85. The van der Waals surface area contributed by atoms with Crippen molar-refractivity contribution in [1.29, 1.82) is 0 Å². The van der Waals surface area contributed by atoms with Crippen LogP contribution in [-0.2, 0) is 10.2 Å². The molecule has 0 fully saturated rings. The number of para-hydroxylation sites is 1. The van der Waals surface area contributed by atoms with E-state index >= 15 is 0 Å². The van der Waals surface area contributed by atoms with Crippen molar-refractivity contribution in [1.82, 2.24) is 0 Å². The van der Waals surface area contributed by atoms with Gasteiger partial charge < -0.3 is 9.47 Å². The third-order valence-electron chi connectivity index (χ3n) is 13.3. The molecule has 12 rings (SSSR count). The molecule has 4 heteroatoms. The second kappa shape index (κ2) is 11.7. The van der Waals surface area contributed by atoms with Crippen molar-refractivity contribution < 1.29 is 9.47 Å². The number of fused-ring (bicyclic) bond motifs is 11. The summed E-state index contributed by atoms with van der Waals surface area (Å²) in [6, 6.07) is 27.0. The molecule has 0 amide bonds. The molecule has 5 aliphatic carbocycles. The molecule has 4 aromatic rings. The van der Waals surface area contributed by atoms with Gasteiger partial charge in [-0.05, 0) is 78.3 Å². The highest BCUT2D eigenvalue weighted by Crippen LogP contribution is 2.63. The quantitative estimate of drug-likeness (QED) is 0.192. The maximum absolute atomic E-state index is 7.14. The van der Waals surface area contributed by atoms with Crippen LogP contribution in [-0.4, -0.2) is 5.25 Å². The topological polar surface area (TPSA) is 18.5 Å². The molecule has 4 heterocycles. The van der Waals surface area contributed by atoms with Gasteiger partial charge in [0, 0.05) is 73.1 Å². The summed E-state index contributed by atoms with van der Waals surface area (Å²) < 4.78 is 15.6. The summed E-state index contributed by atoms with van der Waals surface area (Å²) in [6.07, 6.45) is 29.3. The van der Waals surface area contributed by atoms with E-state index in [2.05, 4.69) is 139 Å². The van der Waals surface area contributed by atoms with Crippen LogP contribution in [0.1, 0.15) is 78.3 Å². The van der Waals surface area contributed by atoms with Gasteiger partial charge in [-0.3, -0.25) is 0 Å². The summed E-state index contributed by atoms with van der Waals surface area (Å²) in [5.41, 5.74) is 9.30. The summed E-state index contributed by atoms with van der Waals surface area (Å²) in [5, 5.41) is 2.05. The van der Waals surface area contributed by atoms with Crippen LogP contribution in [0.5, 0.6) is 5.75 Å². The number of hydrogen-bond donors (Lipinski definition) is 0. The first kappa shape index (κ1) is 30.9. The molecule has 3 aromatic carbocycles. The molecule has 53 heavy (non-hydrogen) atoms. The van der Waals surface area contributed by atoms with Gasteiger partial charge in [0.2, 0.25) is 0 Å². The zero-order chi connectivity index (χ0) is 34.7. The van der Waals surface area contributed by atoms with Crippen molar-refractivity contribution >= 4 is 39.3 Å². The predicted octanol–water partition coefficient (Wildman–Crippen LogP) is 13.0. The van der Waals surface area contributed by atoms with Gasteiger partial charge in [0.15, 0.2) is 0 Å². The van der Waals surface area contributed by atoms with Crippen LogP contribution in [0.25, 0.3) is 16.2 Å². The Bertz CT molecular complexity index is 2510. The minimum Gasteiger partial charge on any atom is -0.465 e. The zero-order valence-corrected chi connectivity index (χ0v) is 31.2. The van der Waals surface area contributed by atoms with Gasteiger partial charge in [-0.25, -0.2) is 0 Å². The molecular formula is C49H40O2S2. The van der Waals surface area contributed by atoms with Gasteiger partial charge in [-0.2, -0.15) is 0 Å². The Hall–Kier alpha value is -4.51. The van der Waals surface area contributed by atoms with Gasteiger partial charge in [-0.1, -0.05) is 109 Å². The van der Waals surface area contributed by atoms with E-state index in [9.17, 15) is 0 Å². The van der Waals surface area contributed by atoms with E-state index in [1.165, 1.54) is 59.7 Å². The second-order valence-corrected chi connectivity index (χ2v) is 18.2. The average molecular weight is 725 g/mol. The monoisotopic (exact) mass is 724 g/mol. The van der Waals surface area contributed by atoms with E-state index in [0.717, 1.165) is 61.6 Å². The molecule has 6 unspecified atom stereocenters. The normalized spacial score (nSPS) is 30.2. The molecule has 0 bridgehead atoms. The molecule has 0 saturated carbocycles. The van der Waals surface area contributed by atoms with Crippen molar-refractivity contribution in [3.63, 3.8) is 0 Å². The maximum Gasteiger partial charge on any atom is 0.131 e. The van der Waals surface area contributed by atoms with Crippen LogP contribution in [0.4, 0.5) is 0 Å². The van der Waals surface area contributed by atoms with E-state index in [-0.39, 0.29) is 0 Å². The molecule has 0 radical (unpaired) electrons. The standard InChI is InChI=1S/C49H40O2S2/c1-7-19-43-33(11-1)47-31(13-9-21-45(47)52-43)29-23-25-37-41(27-29)50-39-17-5-3-15-35(39)49(37)36-16-4-6-18-40(36)51-42-28-30(24-26-38(42)49)32-14-10-22-46-48(32)34-12-2-8-20-44(34)53-46/h1-5,7-9,11-12,14-17,19-21,23-26,29-31,46,48H,6,10,13,18,22,27-28H2. The first-order valence-electron chi connectivity index (χ1n) is 19.6. The Morgan fingerprint density at radius 3 is 2.53 bits per heavy atom. The largest absolute Gasteiger partial charge is 0.465 e. The number of allylic oxidation sites excluding steroid dienone is 15. The third kappa shape index (κ3) is 4.40. The summed E-state index contributed by atoms with van der Waals surface area (Å²) in [7, 11) is 0. The first-order chi connectivity index (χ1) is 26.3. The molecule has 0 N–H and O–H groups in total. The molecule has 260 valence electrons. The number of rotatable bonds is 2. The van der Waals surface area contributed by atoms with Gasteiger partial charge >= 0.3 is 0 Å². The molecular weight excluding hydrogens is 685 g/mol. The number of hydrogen-bond acceptors (Lipinski definition) is 4. The van der Waals surface area contributed by atoms with Crippen molar-refractivity contribution in [2.75, 3.05) is 0 Å². The highest BCUT2D eigenvalue weighted by Gasteiger charge is 2.54. The molecule has 2 nitrogen and oxygen atoms in total. The fourth-order valence-electron chi connectivity index (χ4n) is 11.1. The van der Waals surface area contributed by atoms with Gasteiger partial charge in [0.1, 0.15) is 23.0 Å². The highest BCUT2D eigenvalue weighted by atomic mass is 32.2. The Balaban J connectivity index is 0.979. The number of thiophene rings is 1. The predicted molar refractivity (Wildman–Crippen MR) is 218 cm³/mol. The van der Waals surface area contributed by atoms with E-state index < -0.39 is 5.41 Å². The van der Waals surface area contributed by atoms with Crippen LogP contribution in [0, 0.1) is 11.8 Å². The summed E-state index contributed by atoms with van der Waals surface area (Å²) in [4.78, 5) is 2.89. The second-order valence-electron chi connectivity index (χ2n) is 15.9. The SMILES string of the molecule is C1=CC2=C(CC1)OC1=C(C=CC(C3=CCCC4Sc5ccccc5C34)C1)C21C2=C(CC(C3CC=Cc4sc5ccccc5c43)C=C2)Oc2ccccc21. The number of ether oxygens (including phenoxy) is 2. The summed E-state index contributed by atoms with van der Waals surface area (Å²) in [6.45, 7) is 0. The van der Waals surface area contributed by atoms with Crippen molar-refractivity contribution in [3.05, 3.63) is 183 Å². The summed E-state index contributed by atoms with van der Waals surface area (Å²) in [5.74, 6) is 5.99. The number of thioether (sulfide) groups is 1. The van der Waals surface area contributed by atoms with Crippen molar-refractivity contribution in [3.8, 4) is 5.75 Å². The highest BCUT2D eigenvalue weighted by molar-refractivity contribution is 8.00. The molecule has 1 spiro atoms. The number of benzene rings is 3. The van der Waals surface area contributed by atoms with Crippen molar-refractivity contribution in [2.45, 2.75) is 72.3 Å². The van der Waals surface area contributed by atoms with E-state index in [1.54, 1.807) is 5.57 Å². The fourth-order valence-corrected chi connectivity index (χ4v) is 13.8. The smallest absolute Gasteiger partial charge is 0.131 e. The van der Waals surface area contributed by atoms with Crippen molar-refractivity contribution in [2.24, 2.45) is 11.8 Å². The van der Waals surface area contributed by atoms with Crippen LogP contribution in [0.15, 0.2) is 166 Å². The van der Waals surface area contributed by atoms with E-state index in [1.807, 2.05) is 11.3 Å². The van der Waals surface area contributed by atoms with Gasteiger partial charge in [0.25, 0.3) is 0 Å². The first-order valence-corrected chi connectivity index (χ1v) is 21.3. The Morgan fingerprint density at radius 1 is 0.717 bits per heavy atom. The lowest BCUT2D eigenvalue weighted by atomic mass is 9.57. The minimum atomic E-state index is -0.473. The van der Waals surface area contributed by atoms with Gasteiger partial charge in [-0.15, -0.1) is 23.1 Å². The van der Waals surface area contributed by atoms with E-state index in [0.29, 0.717) is 28.9 Å². The summed E-state index contributed by atoms with van der Waals surface area (Å²) >= 11 is 4.04. The van der Waals surface area contributed by atoms with Crippen LogP contribution in [0.2, 0.25) is 0 Å². The lowest BCUT2D eigenvalue weighted by molar-refractivity contribution is 0.233. The molecule has 0 saturated heterocycles. The van der Waals surface area contributed by atoms with Gasteiger partial charge in [0.05, 0.1) is 5.41 Å². The minimum absolute atomic E-state index is 0.329.